The van der Waals surface area contributed by atoms with E-state index in [0.717, 1.165) is 11.3 Å². The Hall–Kier alpha value is -2.98. The molecule has 1 aromatic heterocycles. The number of carbonyl (C=O) groups excluding carboxylic acids is 1. The maximum Gasteiger partial charge on any atom is 0.263 e. The fourth-order valence-corrected chi connectivity index (χ4v) is 5.25. The molecule has 0 aliphatic carbocycles. The minimum Gasteiger partial charge on any atom is -0.387 e. The van der Waals surface area contributed by atoms with Crippen molar-refractivity contribution in [3.63, 3.8) is 0 Å². The number of nitrogens with one attached hydrogen (secondary N) is 2. The average Bonchev–Trinajstić information content (AvgIpc) is 3.18. The van der Waals surface area contributed by atoms with Crippen LogP contribution in [-0.2, 0) is 10.0 Å². The lowest BCUT2D eigenvalue weighted by Crippen LogP contribution is -2.28. The Bertz CT molecular complexity index is 1360. The van der Waals surface area contributed by atoms with Crippen molar-refractivity contribution in [2.75, 3.05) is 11.3 Å². The first-order chi connectivity index (χ1) is 15.3. The van der Waals surface area contributed by atoms with E-state index in [0.29, 0.717) is 26.4 Å². The molecule has 0 unspecified atom stereocenters. The van der Waals surface area contributed by atoms with Crippen LogP contribution in [0.25, 0.3) is 10.2 Å². The number of sulfonamides is 1. The predicted molar refractivity (Wildman–Crippen MR) is 126 cm³/mol. The Morgan fingerprint density at radius 2 is 1.78 bits per heavy atom. The molecule has 32 heavy (non-hydrogen) atoms. The molecule has 1 heterocycles. The Morgan fingerprint density at radius 3 is 2.50 bits per heavy atom. The molecular weight excluding hydrogens is 470 g/mol. The summed E-state index contributed by atoms with van der Waals surface area (Å²) in [4.78, 5) is 16.9. The fourth-order valence-electron chi connectivity index (χ4n) is 2.98. The second-order valence-electron chi connectivity index (χ2n) is 6.90. The van der Waals surface area contributed by atoms with E-state index >= 15 is 0 Å². The minimum atomic E-state index is -3.82. The summed E-state index contributed by atoms with van der Waals surface area (Å²) in [5, 5.41) is 13.5. The van der Waals surface area contributed by atoms with Crippen LogP contribution in [0.5, 0.6) is 0 Å². The van der Waals surface area contributed by atoms with Gasteiger partial charge in [-0.3, -0.25) is 9.52 Å². The Morgan fingerprint density at radius 1 is 1.06 bits per heavy atom. The van der Waals surface area contributed by atoms with Crippen molar-refractivity contribution in [1.82, 2.24) is 10.3 Å². The highest BCUT2D eigenvalue weighted by atomic mass is 35.5. The van der Waals surface area contributed by atoms with Gasteiger partial charge in [-0.05, 0) is 48.0 Å². The maximum atomic E-state index is 12.6. The number of amides is 1. The Kier molecular flexibility index (Phi) is 6.43. The van der Waals surface area contributed by atoms with Gasteiger partial charge in [-0.1, -0.05) is 53.3 Å². The van der Waals surface area contributed by atoms with E-state index in [2.05, 4.69) is 15.0 Å². The van der Waals surface area contributed by atoms with Gasteiger partial charge in [0.15, 0.2) is 5.13 Å². The highest BCUT2D eigenvalue weighted by Crippen LogP contribution is 2.29. The number of aliphatic hydroxyl groups excluding tert-OH is 1. The monoisotopic (exact) mass is 487 g/mol. The van der Waals surface area contributed by atoms with E-state index in [1.54, 1.807) is 30.3 Å². The number of rotatable bonds is 7. The van der Waals surface area contributed by atoms with Crippen LogP contribution >= 0.6 is 22.9 Å². The molecule has 1 amide bonds. The number of aliphatic hydroxyl groups is 1. The van der Waals surface area contributed by atoms with Gasteiger partial charge < -0.3 is 10.4 Å². The largest absolute Gasteiger partial charge is 0.387 e. The molecule has 0 bridgehead atoms. The second-order valence-corrected chi connectivity index (χ2v) is 10.0. The summed E-state index contributed by atoms with van der Waals surface area (Å²) in [5.41, 5.74) is 1.65. The molecule has 1 atom stereocenters. The van der Waals surface area contributed by atoms with Gasteiger partial charge in [-0.2, -0.15) is 0 Å². The Balaban J connectivity index is 1.46. The topological polar surface area (TPSA) is 108 Å². The molecule has 0 saturated heterocycles. The predicted octanol–water partition coefficient (Wildman–Crippen LogP) is 4.21. The van der Waals surface area contributed by atoms with Crippen molar-refractivity contribution in [3.05, 3.63) is 88.9 Å². The third kappa shape index (κ3) is 5.08. The van der Waals surface area contributed by atoms with Gasteiger partial charge in [-0.15, -0.1) is 0 Å². The number of benzene rings is 3. The van der Waals surface area contributed by atoms with E-state index < -0.39 is 16.1 Å². The molecule has 3 N–H and O–H groups in total. The summed E-state index contributed by atoms with van der Waals surface area (Å²) in [6.07, 6.45) is -0.818. The summed E-state index contributed by atoms with van der Waals surface area (Å²) >= 11 is 6.93. The van der Waals surface area contributed by atoms with Crippen LogP contribution < -0.4 is 10.0 Å². The normalized spacial score (nSPS) is 12.4. The van der Waals surface area contributed by atoms with Crippen molar-refractivity contribution in [2.24, 2.45) is 0 Å². The third-order valence-corrected chi connectivity index (χ3v) is 7.31. The number of halogens is 1. The molecule has 10 heteroatoms. The summed E-state index contributed by atoms with van der Waals surface area (Å²) in [6.45, 7) is 0.0652. The summed E-state index contributed by atoms with van der Waals surface area (Å²) in [7, 11) is -3.82. The van der Waals surface area contributed by atoms with Crippen molar-refractivity contribution >= 4 is 54.2 Å². The lowest BCUT2D eigenvalue weighted by Gasteiger charge is -2.12. The van der Waals surface area contributed by atoms with Gasteiger partial charge >= 0.3 is 0 Å². The first-order valence-corrected chi connectivity index (χ1v) is 12.2. The van der Waals surface area contributed by atoms with Crippen LogP contribution in [0, 0.1) is 0 Å². The minimum absolute atomic E-state index is 0.0652. The standard InChI is InChI=1S/C22H18ClN3O4S2/c23-16-7-9-17(10-8-16)32(29,30)26-22-25-18-11-6-15(12-20(18)31-22)21(28)24-13-19(27)14-4-2-1-3-5-14/h1-12,19,27H,13H2,(H,24,28)(H,25,26)/t19-/m1/s1. The van der Waals surface area contributed by atoms with E-state index in [1.807, 2.05) is 18.2 Å². The van der Waals surface area contributed by atoms with Gasteiger partial charge in [0.25, 0.3) is 15.9 Å². The molecule has 164 valence electrons. The summed E-state index contributed by atoms with van der Waals surface area (Å²) < 4.78 is 28.2. The molecule has 7 nitrogen and oxygen atoms in total. The van der Waals surface area contributed by atoms with Crippen LogP contribution in [0.4, 0.5) is 5.13 Å². The zero-order valence-electron chi connectivity index (χ0n) is 16.5. The molecular formula is C22H18ClN3O4S2. The number of nitrogens with zero attached hydrogens (tertiary/aromatic N) is 1. The molecule has 3 aromatic carbocycles. The fraction of sp³-hybridized carbons (Fsp3) is 0.0909. The number of fused-ring (bicyclic) bond motifs is 1. The number of carbonyl (C=O) groups is 1. The first-order valence-electron chi connectivity index (χ1n) is 9.52. The van der Waals surface area contributed by atoms with Crippen molar-refractivity contribution in [3.8, 4) is 0 Å². The lowest BCUT2D eigenvalue weighted by molar-refractivity contribution is 0.0916. The number of thiazole rings is 1. The highest BCUT2D eigenvalue weighted by Gasteiger charge is 2.17. The highest BCUT2D eigenvalue weighted by molar-refractivity contribution is 7.93. The number of aromatic nitrogens is 1. The van der Waals surface area contributed by atoms with Gasteiger partial charge in [0, 0.05) is 17.1 Å². The molecule has 0 saturated carbocycles. The molecule has 0 spiro atoms. The first kappa shape index (κ1) is 22.2. The molecule has 4 aromatic rings. The molecule has 0 aliphatic rings. The lowest BCUT2D eigenvalue weighted by atomic mass is 10.1. The Labute approximate surface area is 193 Å². The SMILES string of the molecule is O=C(NC[C@@H](O)c1ccccc1)c1ccc2nc(NS(=O)(=O)c3ccc(Cl)cc3)sc2c1. The van der Waals surface area contributed by atoms with Crippen molar-refractivity contribution < 1.29 is 18.3 Å². The van der Waals surface area contributed by atoms with Crippen LogP contribution in [0.1, 0.15) is 22.0 Å². The molecule has 0 fully saturated rings. The van der Waals surface area contributed by atoms with Crippen LogP contribution in [-0.4, -0.2) is 31.0 Å². The van der Waals surface area contributed by atoms with Gasteiger partial charge in [-0.25, -0.2) is 13.4 Å². The van der Waals surface area contributed by atoms with Crippen LogP contribution in [0.15, 0.2) is 77.7 Å². The van der Waals surface area contributed by atoms with E-state index in [-0.39, 0.29) is 22.5 Å². The van der Waals surface area contributed by atoms with Crippen LogP contribution in [0.3, 0.4) is 0 Å². The smallest absolute Gasteiger partial charge is 0.263 e. The van der Waals surface area contributed by atoms with E-state index in [9.17, 15) is 18.3 Å². The second kappa shape index (κ2) is 9.25. The average molecular weight is 488 g/mol. The number of hydrogen-bond donors (Lipinski definition) is 3. The molecule has 0 radical (unpaired) electrons. The molecule has 0 aliphatic heterocycles. The van der Waals surface area contributed by atoms with Gasteiger partial charge in [0.1, 0.15) is 0 Å². The van der Waals surface area contributed by atoms with E-state index in [4.69, 9.17) is 11.6 Å². The number of hydrogen-bond acceptors (Lipinski definition) is 6. The maximum absolute atomic E-state index is 12.6. The zero-order chi connectivity index (χ0) is 22.7. The quantitative estimate of drug-likeness (QED) is 0.362. The van der Waals surface area contributed by atoms with Crippen molar-refractivity contribution in [1.29, 1.82) is 0 Å². The number of anilines is 1. The van der Waals surface area contributed by atoms with Gasteiger partial charge in [0.2, 0.25) is 0 Å². The van der Waals surface area contributed by atoms with E-state index in [1.165, 1.54) is 24.3 Å². The summed E-state index contributed by atoms with van der Waals surface area (Å²) in [6, 6.07) is 19.7. The third-order valence-electron chi connectivity index (χ3n) is 4.64. The van der Waals surface area contributed by atoms with Crippen molar-refractivity contribution in [2.45, 2.75) is 11.0 Å². The van der Waals surface area contributed by atoms with Crippen LogP contribution in [0.2, 0.25) is 5.02 Å². The summed E-state index contributed by atoms with van der Waals surface area (Å²) in [5.74, 6) is -0.349. The van der Waals surface area contributed by atoms with Gasteiger partial charge in [0.05, 0.1) is 21.2 Å². The zero-order valence-corrected chi connectivity index (χ0v) is 18.9. The molecule has 4 rings (SSSR count).